The Labute approximate surface area is 100 Å². The number of rotatable bonds is 1. The van der Waals surface area contributed by atoms with Gasteiger partial charge in [-0.2, -0.15) is 0 Å². The zero-order chi connectivity index (χ0) is 11.7. The fraction of sp³-hybridized carbons (Fsp3) is 0.583. The molecule has 0 saturated carbocycles. The van der Waals surface area contributed by atoms with Gasteiger partial charge in [0.15, 0.2) is 0 Å². The highest BCUT2D eigenvalue weighted by Crippen LogP contribution is 2.21. The SMILES string of the molecule is O=C(c1cnccn1)N1CCC2CCC(C1)N2. The first-order valence-electron chi connectivity index (χ1n) is 6.14. The Balaban J connectivity index is 1.74. The summed E-state index contributed by atoms with van der Waals surface area (Å²) in [6, 6.07) is 1.06. The van der Waals surface area contributed by atoms with Gasteiger partial charge in [-0.15, -0.1) is 0 Å². The van der Waals surface area contributed by atoms with Crippen LogP contribution in [0.15, 0.2) is 18.6 Å². The molecule has 2 bridgehead atoms. The first-order chi connectivity index (χ1) is 8.33. The number of amides is 1. The largest absolute Gasteiger partial charge is 0.336 e. The molecule has 1 aromatic heterocycles. The molecule has 2 atom stereocenters. The summed E-state index contributed by atoms with van der Waals surface area (Å²) < 4.78 is 0. The minimum atomic E-state index is 0.00690. The Hall–Kier alpha value is -1.49. The first-order valence-corrected chi connectivity index (χ1v) is 6.14. The molecule has 0 aliphatic carbocycles. The number of likely N-dealkylation sites (tertiary alicyclic amines) is 1. The van der Waals surface area contributed by atoms with E-state index in [4.69, 9.17) is 0 Å². The molecule has 17 heavy (non-hydrogen) atoms. The second-order valence-electron chi connectivity index (χ2n) is 4.77. The van der Waals surface area contributed by atoms with Crippen molar-refractivity contribution >= 4 is 5.91 Å². The normalized spacial score (nSPS) is 27.9. The molecule has 90 valence electrons. The summed E-state index contributed by atoms with van der Waals surface area (Å²) in [5.41, 5.74) is 0.449. The summed E-state index contributed by atoms with van der Waals surface area (Å²) >= 11 is 0. The van der Waals surface area contributed by atoms with Crippen molar-refractivity contribution in [1.29, 1.82) is 0 Å². The lowest BCUT2D eigenvalue weighted by molar-refractivity contribution is 0.0742. The number of hydrogen-bond donors (Lipinski definition) is 1. The number of nitrogens with one attached hydrogen (secondary N) is 1. The predicted octanol–water partition coefficient (Wildman–Crippen LogP) is 0.443. The molecule has 0 aromatic carbocycles. The number of carbonyl (C=O) groups is 1. The summed E-state index contributed by atoms with van der Waals surface area (Å²) in [7, 11) is 0. The molecule has 1 amide bonds. The molecule has 1 N–H and O–H groups in total. The van der Waals surface area contributed by atoms with Crippen LogP contribution in [0.1, 0.15) is 29.8 Å². The average Bonchev–Trinajstić information content (AvgIpc) is 2.69. The van der Waals surface area contributed by atoms with Crippen molar-refractivity contribution in [2.45, 2.75) is 31.3 Å². The van der Waals surface area contributed by atoms with Gasteiger partial charge in [-0.1, -0.05) is 0 Å². The van der Waals surface area contributed by atoms with E-state index in [1.807, 2.05) is 4.90 Å². The monoisotopic (exact) mass is 232 g/mol. The zero-order valence-corrected chi connectivity index (χ0v) is 9.67. The second-order valence-corrected chi connectivity index (χ2v) is 4.77. The van der Waals surface area contributed by atoms with Crippen LogP contribution in [0.25, 0.3) is 0 Å². The highest BCUT2D eigenvalue weighted by Gasteiger charge is 2.31. The van der Waals surface area contributed by atoms with Gasteiger partial charge in [-0.05, 0) is 19.3 Å². The maximum absolute atomic E-state index is 12.2. The van der Waals surface area contributed by atoms with Crippen LogP contribution in [0.5, 0.6) is 0 Å². The van der Waals surface area contributed by atoms with Crippen molar-refractivity contribution in [3.63, 3.8) is 0 Å². The molecule has 2 aliphatic heterocycles. The van der Waals surface area contributed by atoms with E-state index in [1.165, 1.54) is 12.8 Å². The fourth-order valence-corrected chi connectivity index (χ4v) is 2.70. The minimum absolute atomic E-state index is 0.00690. The van der Waals surface area contributed by atoms with Crippen LogP contribution in [0, 0.1) is 0 Å². The summed E-state index contributed by atoms with van der Waals surface area (Å²) in [6.45, 7) is 1.62. The molecular weight excluding hydrogens is 216 g/mol. The summed E-state index contributed by atoms with van der Waals surface area (Å²) in [5, 5.41) is 3.56. The van der Waals surface area contributed by atoms with Gasteiger partial charge in [-0.3, -0.25) is 9.78 Å². The topological polar surface area (TPSA) is 58.1 Å². The van der Waals surface area contributed by atoms with Gasteiger partial charge in [0.25, 0.3) is 5.91 Å². The molecular formula is C12H16N4O. The molecule has 2 fully saturated rings. The van der Waals surface area contributed by atoms with Gasteiger partial charge < -0.3 is 10.2 Å². The highest BCUT2D eigenvalue weighted by atomic mass is 16.2. The third-order valence-corrected chi connectivity index (χ3v) is 3.59. The average molecular weight is 232 g/mol. The maximum Gasteiger partial charge on any atom is 0.274 e. The Morgan fingerprint density at radius 2 is 2.18 bits per heavy atom. The van der Waals surface area contributed by atoms with E-state index in [-0.39, 0.29) is 5.91 Å². The molecule has 5 heteroatoms. The van der Waals surface area contributed by atoms with Crippen molar-refractivity contribution in [3.05, 3.63) is 24.3 Å². The molecule has 0 spiro atoms. The lowest BCUT2D eigenvalue weighted by atomic mass is 10.1. The van der Waals surface area contributed by atoms with Crippen LogP contribution in [-0.2, 0) is 0 Å². The molecule has 0 radical (unpaired) electrons. The van der Waals surface area contributed by atoms with E-state index < -0.39 is 0 Å². The predicted molar refractivity (Wildman–Crippen MR) is 62.5 cm³/mol. The lowest BCUT2D eigenvalue weighted by Crippen LogP contribution is -2.39. The van der Waals surface area contributed by atoms with E-state index in [1.54, 1.807) is 18.6 Å². The zero-order valence-electron chi connectivity index (χ0n) is 9.67. The number of nitrogens with zero attached hydrogens (tertiary/aromatic N) is 3. The molecule has 5 nitrogen and oxygen atoms in total. The van der Waals surface area contributed by atoms with Crippen molar-refractivity contribution in [1.82, 2.24) is 20.2 Å². The summed E-state index contributed by atoms with van der Waals surface area (Å²) in [6.07, 6.45) is 8.16. The Bertz CT molecular complexity index is 408. The summed E-state index contributed by atoms with van der Waals surface area (Å²) in [4.78, 5) is 22.1. The van der Waals surface area contributed by atoms with E-state index in [2.05, 4.69) is 15.3 Å². The minimum Gasteiger partial charge on any atom is -0.336 e. The smallest absolute Gasteiger partial charge is 0.274 e. The van der Waals surface area contributed by atoms with Gasteiger partial charge in [0.05, 0.1) is 6.20 Å². The van der Waals surface area contributed by atoms with Crippen molar-refractivity contribution in [2.24, 2.45) is 0 Å². The van der Waals surface area contributed by atoms with Crippen LogP contribution in [-0.4, -0.2) is 45.9 Å². The van der Waals surface area contributed by atoms with Gasteiger partial charge in [0.2, 0.25) is 0 Å². The van der Waals surface area contributed by atoms with Crippen molar-refractivity contribution in [2.75, 3.05) is 13.1 Å². The summed E-state index contributed by atoms with van der Waals surface area (Å²) in [5.74, 6) is 0.00690. The lowest BCUT2D eigenvalue weighted by Gasteiger charge is -2.23. The molecule has 3 rings (SSSR count). The third kappa shape index (κ3) is 2.15. The van der Waals surface area contributed by atoms with E-state index in [0.717, 1.165) is 19.5 Å². The quantitative estimate of drug-likeness (QED) is 0.763. The van der Waals surface area contributed by atoms with Crippen molar-refractivity contribution in [3.8, 4) is 0 Å². The fourth-order valence-electron chi connectivity index (χ4n) is 2.70. The molecule has 2 unspecified atom stereocenters. The standard InChI is InChI=1S/C12H16N4O/c17-12(11-7-13-4-5-14-11)16-6-3-9-1-2-10(8-16)15-9/h4-5,7,9-10,15H,1-3,6,8H2. The second kappa shape index (κ2) is 4.41. The van der Waals surface area contributed by atoms with E-state index >= 15 is 0 Å². The highest BCUT2D eigenvalue weighted by molar-refractivity contribution is 5.92. The van der Waals surface area contributed by atoms with Crippen LogP contribution in [0.2, 0.25) is 0 Å². The molecule has 2 aliphatic rings. The molecule has 2 saturated heterocycles. The van der Waals surface area contributed by atoms with Crippen LogP contribution >= 0.6 is 0 Å². The molecule has 1 aromatic rings. The van der Waals surface area contributed by atoms with Gasteiger partial charge >= 0.3 is 0 Å². The first kappa shape index (κ1) is 10.7. The van der Waals surface area contributed by atoms with Gasteiger partial charge in [0, 0.05) is 37.6 Å². The number of aromatic nitrogens is 2. The van der Waals surface area contributed by atoms with Gasteiger partial charge in [0.1, 0.15) is 5.69 Å². The van der Waals surface area contributed by atoms with E-state index in [9.17, 15) is 4.79 Å². The Morgan fingerprint density at radius 3 is 3.00 bits per heavy atom. The third-order valence-electron chi connectivity index (χ3n) is 3.59. The van der Waals surface area contributed by atoms with Gasteiger partial charge in [-0.25, -0.2) is 4.98 Å². The number of fused-ring (bicyclic) bond motifs is 2. The number of hydrogen-bond acceptors (Lipinski definition) is 4. The van der Waals surface area contributed by atoms with E-state index in [0.29, 0.717) is 17.8 Å². The Morgan fingerprint density at radius 1 is 1.29 bits per heavy atom. The van der Waals surface area contributed by atoms with Crippen LogP contribution in [0.3, 0.4) is 0 Å². The maximum atomic E-state index is 12.2. The van der Waals surface area contributed by atoms with Crippen molar-refractivity contribution < 1.29 is 4.79 Å². The van der Waals surface area contributed by atoms with Crippen LogP contribution in [0.4, 0.5) is 0 Å². The molecule has 3 heterocycles. The van der Waals surface area contributed by atoms with Crippen LogP contribution < -0.4 is 5.32 Å². The Kier molecular flexibility index (Phi) is 2.76. The number of carbonyl (C=O) groups excluding carboxylic acids is 1.